The van der Waals surface area contributed by atoms with Gasteiger partial charge in [0.25, 0.3) is 0 Å². The molecule has 0 spiro atoms. The number of nitrogens with zero attached hydrogens (tertiary/aromatic N) is 2. The van der Waals surface area contributed by atoms with Crippen molar-refractivity contribution >= 4 is 11.9 Å². The van der Waals surface area contributed by atoms with E-state index < -0.39 is 0 Å². The first-order valence-corrected chi connectivity index (χ1v) is 9.65. The van der Waals surface area contributed by atoms with E-state index in [9.17, 15) is 9.59 Å². The molecule has 24 heavy (non-hydrogen) atoms. The minimum atomic E-state index is -0.0862. The van der Waals surface area contributed by atoms with Gasteiger partial charge in [-0.25, -0.2) is 4.79 Å². The molecule has 3 rings (SSSR count). The molecule has 3 aliphatic rings. The van der Waals surface area contributed by atoms with Gasteiger partial charge in [-0.2, -0.15) is 0 Å². The molecule has 6 heteroatoms. The van der Waals surface area contributed by atoms with Crippen molar-refractivity contribution in [1.82, 2.24) is 20.4 Å². The maximum absolute atomic E-state index is 12.0. The van der Waals surface area contributed by atoms with Crippen LogP contribution in [-0.4, -0.2) is 67.0 Å². The summed E-state index contributed by atoms with van der Waals surface area (Å²) in [4.78, 5) is 28.1. The van der Waals surface area contributed by atoms with Gasteiger partial charge in [0.1, 0.15) is 0 Å². The fourth-order valence-corrected chi connectivity index (χ4v) is 4.26. The van der Waals surface area contributed by atoms with Gasteiger partial charge < -0.3 is 15.5 Å². The molecule has 3 amide bonds. The molecule has 0 radical (unpaired) electrons. The highest BCUT2D eigenvalue weighted by Crippen LogP contribution is 2.29. The lowest BCUT2D eigenvalue weighted by Crippen LogP contribution is -2.58. The number of nitrogens with one attached hydrogen (secondary N) is 2. The van der Waals surface area contributed by atoms with Gasteiger partial charge in [0, 0.05) is 51.7 Å². The Bertz CT molecular complexity index is 450. The Kier molecular flexibility index (Phi) is 5.98. The molecule has 0 aromatic rings. The number of piperidine rings is 1. The van der Waals surface area contributed by atoms with E-state index in [-0.39, 0.29) is 17.9 Å². The molecule has 136 valence electrons. The highest BCUT2D eigenvalue weighted by atomic mass is 16.2. The standard InChI is InChI=1S/C18H32N4O2/c1-21-9-7-14(11-17(21)23)12-19-18(24)20-13-16-8-10-22(16)15-5-3-2-4-6-15/h14-16H,2-13H2,1H3,(H2,19,20,24). The van der Waals surface area contributed by atoms with Crippen LogP contribution in [0.15, 0.2) is 0 Å². The van der Waals surface area contributed by atoms with Crippen molar-refractivity contribution in [3.8, 4) is 0 Å². The number of hydrogen-bond donors (Lipinski definition) is 2. The molecule has 0 aromatic heterocycles. The summed E-state index contributed by atoms with van der Waals surface area (Å²) in [6, 6.07) is 1.17. The minimum Gasteiger partial charge on any atom is -0.346 e. The lowest BCUT2D eigenvalue weighted by molar-refractivity contribution is -0.133. The average Bonchev–Trinajstić information content (AvgIpc) is 2.56. The highest BCUT2D eigenvalue weighted by Gasteiger charge is 2.34. The number of hydrogen-bond acceptors (Lipinski definition) is 3. The molecule has 0 aromatic carbocycles. The van der Waals surface area contributed by atoms with Crippen molar-refractivity contribution in [2.75, 3.05) is 33.2 Å². The Hall–Kier alpha value is -1.30. The Labute approximate surface area is 145 Å². The minimum absolute atomic E-state index is 0.0862. The van der Waals surface area contributed by atoms with Crippen molar-refractivity contribution in [3.05, 3.63) is 0 Å². The van der Waals surface area contributed by atoms with Gasteiger partial charge in [-0.3, -0.25) is 9.69 Å². The van der Waals surface area contributed by atoms with Crippen molar-refractivity contribution in [1.29, 1.82) is 0 Å². The summed E-state index contributed by atoms with van der Waals surface area (Å²) < 4.78 is 0. The van der Waals surface area contributed by atoms with Gasteiger partial charge in [0.2, 0.25) is 5.91 Å². The molecule has 2 aliphatic heterocycles. The van der Waals surface area contributed by atoms with E-state index in [0.717, 1.165) is 25.6 Å². The summed E-state index contributed by atoms with van der Waals surface area (Å²) in [7, 11) is 1.84. The summed E-state index contributed by atoms with van der Waals surface area (Å²) in [6.07, 6.45) is 9.47. The predicted octanol–water partition coefficient (Wildman–Crippen LogP) is 1.56. The zero-order valence-corrected chi connectivity index (χ0v) is 14.9. The smallest absolute Gasteiger partial charge is 0.314 e. The molecule has 1 aliphatic carbocycles. The van der Waals surface area contributed by atoms with Crippen molar-refractivity contribution in [2.24, 2.45) is 5.92 Å². The second-order valence-corrected chi connectivity index (χ2v) is 7.74. The van der Waals surface area contributed by atoms with E-state index in [0.29, 0.717) is 19.0 Å². The molecule has 1 saturated carbocycles. The van der Waals surface area contributed by atoms with Crippen LogP contribution in [0.3, 0.4) is 0 Å². The predicted molar refractivity (Wildman–Crippen MR) is 93.7 cm³/mol. The normalized spacial score (nSPS) is 29.2. The van der Waals surface area contributed by atoms with Crippen LogP contribution in [0.1, 0.15) is 51.4 Å². The Morgan fingerprint density at radius 1 is 1.04 bits per heavy atom. The molecule has 0 bridgehead atoms. The third-order valence-corrected chi connectivity index (χ3v) is 6.04. The largest absolute Gasteiger partial charge is 0.346 e. The quantitative estimate of drug-likeness (QED) is 0.801. The number of likely N-dealkylation sites (tertiary alicyclic amines) is 2. The fraction of sp³-hybridized carbons (Fsp3) is 0.889. The molecule has 6 nitrogen and oxygen atoms in total. The summed E-state index contributed by atoms with van der Waals surface area (Å²) >= 11 is 0. The molecule has 3 fully saturated rings. The van der Waals surface area contributed by atoms with Gasteiger partial charge >= 0.3 is 6.03 Å². The van der Waals surface area contributed by atoms with Crippen LogP contribution in [0.25, 0.3) is 0 Å². The van der Waals surface area contributed by atoms with Crippen molar-refractivity contribution < 1.29 is 9.59 Å². The zero-order valence-electron chi connectivity index (χ0n) is 14.9. The molecule has 2 unspecified atom stereocenters. The maximum Gasteiger partial charge on any atom is 0.314 e. The summed E-state index contributed by atoms with van der Waals surface area (Å²) in [5, 5.41) is 5.97. The highest BCUT2D eigenvalue weighted by molar-refractivity contribution is 5.77. The Morgan fingerprint density at radius 3 is 2.46 bits per heavy atom. The van der Waals surface area contributed by atoms with Gasteiger partial charge in [0.15, 0.2) is 0 Å². The number of carbonyl (C=O) groups is 2. The number of amides is 3. The maximum atomic E-state index is 12.0. The second kappa shape index (κ2) is 8.19. The summed E-state index contributed by atoms with van der Waals surface area (Å²) in [5.41, 5.74) is 0. The van der Waals surface area contributed by atoms with E-state index >= 15 is 0 Å². The van der Waals surface area contributed by atoms with Gasteiger partial charge in [-0.1, -0.05) is 19.3 Å². The number of rotatable bonds is 5. The third kappa shape index (κ3) is 4.41. The lowest BCUT2D eigenvalue weighted by Gasteiger charge is -2.47. The molecule has 2 saturated heterocycles. The van der Waals surface area contributed by atoms with Crippen LogP contribution in [0.4, 0.5) is 4.79 Å². The summed E-state index contributed by atoms with van der Waals surface area (Å²) in [5.74, 6) is 0.466. The first kappa shape index (κ1) is 17.5. The van der Waals surface area contributed by atoms with Crippen molar-refractivity contribution in [3.63, 3.8) is 0 Å². The van der Waals surface area contributed by atoms with Crippen molar-refractivity contribution in [2.45, 2.75) is 63.5 Å². The van der Waals surface area contributed by atoms with Gasteiger partial charge in [-0.15, -0.1) is 0 Å². The molecule has 2 heterocycles. The first-order chi connectivity index (χ1) is 11.6. The van der Waals surface area contributed by atoms with Crippen LogP contribution in [0.2, 0.25) is 0 Å². The molecular formula is C18H32N4O2. The van der Waals surface area contributed by atoms with Crippen LogP contribution in [0, 0.1) is 5.92 Å². The lowest BCUT2D eigenvalue weighted by atomic mass is 9.89. The van der Waals surface area contributed by atoms with Crippen LogP contribution >= 0.6 is 0 Å². The third-order valence-electron chi connectivity index (χ3n) is 6.04. The molecule has 2 atom stereocenters. The molecular weight excluding hydrogens is 304 g/mol. The van der Waals surface area contributed by atoms with E-state index in [1.807, 2.05) is 7.05 Å². The van der Waals surface area contributed by atoms with Crippen LogP contribution in [0.5, 0.6) is 0 Å². The second-order valence-electron chi connectivity index (χ2n) is 7.74. The Morgan fingerprint density at radius 2 is 1.79 bits per heavy atom. The van der Waals surface area contributed by atoms with Crippen LogP contribution in [-0.2, 0) is 4.79 Å². The Balaban J connectivity index is 1.32. The van der Waals surface area contributed by atoms with E-state index in [4.69, 9.17) is 0 Å². The monoisotopic (exact) mass is 336 g/mol. The van der Waals surface area contributed by atoms with E-state index in [1.165, 1.54) is 45.1 Å². The SMILES string of the molecule is CN1CCC(CNC(=O)NCC2CCN2C2CCCCC2)CC1=O. The first-order valence-electron chi connectivity index (χ1n) is 9.65. The fourth-order valence-electron chi connectivity index (χ4n) is 4.26. The van der Waals surface area contributed by atoms with Crippen LogP contribution < -0.4 is 10.6 Å². The van der Waals surface area contributed by atoms with Gasteiger partial charge in [-0.05, 0) is 31.6 Å². The van der Waals surface area contributed by atoms with E-state index in [2.05, 4.69) is 15.5 Å². The van der Waals surface area contributed by atoms with E-state index in [1.54, 1.807) is 4.90 Å². The van der Waals surface area contributed by atoms with Gasteiger partial charge in [0.05, 0.1) is 0 Å². The summed E-state index contributed by atoms with van der Waals surface area (Å²) in [6.45, 7) is 3.33. The number of carbonyl (C=O) groups excluding carboxylic acids is 2. The topological polar surface area (TPSA) is 64.7 Å². The average molecular weight is 336 g/mol. The zero-order chi connectivity index (χ0) is 16.9. The molecule has 2 N–H and O–H groups in total. The number of urea groups is 1.